The number of aliphatic hydroxyl groups excluding tert-OH is 1. The number of morpholine rings is 1. The third-order valence-electron chi connectivity index (χ3n) is 6.54. The minimum absolute atomic E-state index is 0.0705. The lowest BCUT2D eigenvalue weighted by Gasteiger charge is -2.31. The molecule has 0 spiro atoms. The molecule has 1 amide bonds. The molecule has 2 N–H and O–H groups in total. The monoisotopic (exact) mass is 576 g/mol. The molecule has 4 rings (SSSR count). The van der Waals surface area contributed by atoms with Crippen LogP contribution >= 0.6 is 15.9 Å². The second-order valence-corrected chi connectivity index (χ2v) is 9.42. The summed E-state index contributed by atoms with van der Waals surface area (Å²) in [5.74, 6) is -1.01. The Hall–Kier alpha value is -3.28. The van der Waals surface area contributed by atoms with Gasteiger partial charge < -0.3 is 34.1 Å². The average Bonchev–Trinajstić information content (AvgIpc) is 3.17. The number of hydrogen-bond donors (Lipinski definition) is 2. The van der Waals surface area contributed by atoms with Crippen molar-refractivity contribution in [2.45, 2.75) is 6.04 Å². The van der Waals surface area contributed by atoms with Crippen molar-refractivity contribution >= 4 is 33.4 Å². The molecule has 37 heavy (non-hydrogen) atoms. The summed E-state index contributed by atoms with van der Waals surface area (Å²) in [6.07, 6.45) is 0. The quantitative estimate of drug-likeness (QED) is 0.278. The fourth-order valence-electron chi connectivity index (χ4n) is 4.58. The lowest BCUT2D eigenvalue weighted by molar-refractivity contribution is -0.140. The van der Waals surface area contributed by atoms with Gasteiger partial charge in [-0.3, -0.25) is 14.5 Å². The zero-order valence-corrected chi connectivity index (χ0v) is 22.4. The number of amides is 1. The number of benzene rings is 2. The van der Waals surface area contributed by atoms with Gasteiger partial charge in [-0.15, -0.1) is 0 Å². The first kappa shape index (κ1) is 26.8. The minimum atomic E-state index is -0.917. The molecule has 2 saturated heterocycles. The Balaban J connectivity index is 1.83. The van der Waals surface area contributed by atoms with Crippen LogP contribution in [0, 0.1) is 0 Å². The summed E-state index contributed by atoms with van der Waals surface area (Å²) in [5, 5.41) is 21.7. The van der Waals surface area contributed by atoms with Crippen LogP contribution in [0.2, 0.25) is 0 Å². The maximum Gasteiger partial charge on any atom is 0.295 e. The Morgan fingerprint density at radius 2 is 1.68 bits per heavy atom. The molecule has 2 aromatic rings. The number of likely N-dealkylation sites (tertiary alicyclic amines) is 1. The van der Waals surface area contributed by atoms with Crippen molar-refractivity contribution in [2.24, 2.45) is 0 Å². The number of nitrogens with zero attached hydrogens (tertiary/aromatic N) is 2. The van der Waals surface area contributed by atoms with E-state index in [1.165, 1.54) is 26.2 Å². The maximum absolute atomic E-state index is 13.4. The van der Waals surface area contributed by atoms with E-state index in [-0.39, 0.29) is 29.4 Å². The van der Waals surface area contributed by atoms with Crippen molar-refractivity contribution < 1.29 is 38.7 Å². The number of ketones is 1. The number of aromatic hydroxyl groups is 1. The lowest BCUT2D eigenvalue weighted by atomic mass is 9.94. The Morgan fingerprint density at radius 3 is 2.32 bits per heavy atom. The van der Waals surface area contributed by atoms with Crippen molar-refractivity contribution in [1.29, 1.82) is 0 Å². The van der Waals surface area contributed by atoms with Crippen molar-refractivity contribution in [2.75, 3.05) is 60.7 Å². The SMILES string of the molecule is COc1ccc(C(O)=C2C(=O)C(=O)N(CCN3CCOCC3)[C@H]2c2cc(Br)c(O)c(OC)c2)cc1OC. The van der Waals surface area contributed by atoms with Gasteiger partial charge in [-0.25, -0.2) is 0 Å². The number of aliphatic hydroxyl groups is 1. The number of ether oxygens (including phenoxy) is 4. The number of carbonyl (C=O) groups excluding carboxylic acids is 2. The second-order valence-electron chi connectivity index (χ2n) is 8.57. The second kappa shape index (κ2) is 11.4. The summed E-state index contributed by atoms with van der Waals surface area (Å²) >= 11 is 3.32. The van der Waals surface area contributed by atoms with E-state index in [4.69, 9.17) is 18.9 Å². The normalized spacial score (nSPS) is 19.8. The van der Waals surface area contributed by atoms with Crippen LogP contribution in [0.4, 0.5) is 0 Å². The van der Waals surface area contributed by atoms with Gasteiger partial charge in [0.25, 0.3) is 11.7 Å². The highest BCUT2D eigenvalue weighted by Gasteiger charge is 2.46. The molecule has 2 aliphatic rings. The van der Waals surface area contributed by atoms with E-state index in [0.717, 1.165) is 13.1 Å². The van der Waals surface area contributed by atoms with Crippen molar-refractivity contribution in [3.05, 3.63) is 51.5 Å². The van der Waals surface area contributed by atoms with Crippen LogP contribution < -0.4 is 14.2 Å². The maximum atomic E-state index is 13.4. The first-order valence-corrected chi connectivity index (χ1v) is 12.5. The number of halogens is 1. The summed E-state index contributed by atoms with van der Waals surface area (Å²) in [4.78, 5) is 30.2. The number of carbonyl (C=O) groups is 2. The lowest BCUT2D eigenvalue weighted by Crippen LogP contribution is -2.42. The zero-order valence-electron chi connectivity index (χ0n) is 20.8. The Morgan fingerprint density at radius 1 is 1.00 bits per heavy atom. The predicted octanol–water partition coefficient (Wildman–Crippen LogP) is 2.93. The van der Waals surface area contributed by atoms with Crippen LogP contribution in [0.15, 0.2) is 40.4 Å². The van der Waals surface area contributed by atoms with Gasteiger partial charge in [0.1, 0.15) is 5.76 Å². The van der Waals surface area contributed by atoms with Crippen molar-refractivity contribution in [1.82, 2.24) is 9.80 Å². The first-order chi connectivity index (χ1) is 17.8. The smallest absolute Gasteiger partial charge is 0.295 e. The van der Waals surface area contributed by atoms with E-state index in [1.807, 2.05) is 0 Å². The van der Waals surface area contributed by atoms with Gasteiger partial charge in [0.2, 0.25) is 0 Å². The molecular formula is C26H29BrN2O8. The molecule has 0 radical (unpaired) electrons. The highest BCUT2D eigenvalue weighted by atomic mass is 79.9. The standard InChI is InChI=1S/C26H29BrN2O8/c1-34-18-5-4-15(13-19(18)35-2)23(30)21-22(16-12-17(27)24(31)20(14-16)36-3)29(26(33)25(21)32)7-6-28-8-10-37-11-9-28/h4-5,12-14,22,30-31H,6-11H2,1-3H3/t22-/m0/s1. The molecule has 0 aromatic heterocycles. The molecule has 2 fully saturated rings. The molecular weight excluding hydrogens is 548 g/mol. The van der Waals surface area contributed by atoms with E-state index >= 15 is 0 Å². The number of Topliss-reactive ketones (excluding diaryl/α,β-unsaturated/α-hetero) is 1. The van der Waals surface area contributed by atoms with Crippen molar-refractivity contribution in [3.63, 3.8) is 0 Å². The van der Waals surface area contributed by atoms with Crippen LogP contribution in [-0.4, -0.2) is 92.4 Å². The van der Waals surface area contributed by atoms with Gasteiger partial charge in [0.05, 0.1) is 50.6 Å². The molecule has 0 aliphatic carbocycles. The highest BCUT2D eigenvalue weighted by Crippen LogP contribution is 2.44. The fourth-order valence-corrected chi connectivity index (χ4v) is 5.04. The van der Waals surface area contributed by atoms with Crippen LogP contribution in [0.25, 0.3) is 5.76 Å². The van der Waals surface area contributed by atoms with Crippen LogP contribution in [-0.2, 0) is 14.3 Å². The molecule has 198 valence electrons. The van der Waals surface area contributed by atoms with Crippen LogP contribution in [0.1, 0.15) is 17.2 Å². The van der Waals surface area contributed by atoms with E-state index in [9.17, 15) is 19.8 Å². The predicted molar refractivity (Wildman–Crippen MR) is 138 cm³/mol. The van der Waals surface area contributed by atoms with Gasteiger partial charge in [-0.2, -0.15) is 0 Å². The Labute approximate surface area is 223 Å². The molecule has 10 nitrogen and oxygen atoms in total. The van der Waals surface area contributed by atoms with E-state index in [2.05, 4.69) is 20.8 Å². The zero-order chi connectivity index (χ0) is 26.7. The fraction of sp³-hybridized carbons (Fsp3) is 0.385. The molecule has 2 aromatic carbocycles. The summed E-state index contributed by atoms with van der Waals surface area (Å²) in [5.41, 5.74) is 0.710. The third kappa shape index (κ3) is 5.25. The first-order valence-electron chi connectivity index (χ1n) is 11.7. The van der Waals surface area contributed by atoms with E-state index in [0.29, 0.717) is 46.9 Å². The van der Waals surface area contributed by atoms with Gasteiger partial charge >= 0.3 is 0 Å². The van der Waals surface area contributed by atoms with Gasteiger partial charge in [-0.05, 0) is 51.8 Å². The molecule has 2 heterocycles. The Bertz CT molecular complexity index is 1230. The summed E-state index contributed by atoms with van der Waals surface area (Å²) in [6.45, 7) is 3.42. The molecule has 0 saturated carbocycles. The minimum Gasteiger partial charge on any atom is -0.507 e. The van der Waals surface area contributed by atoms with Crippen LogP contribution in [0.5, 0.6) is 23.0 Å². The summed E-state index contributed by atoms with van der Waals surface area (Å²) in [6, 6.07) is 6.98. The average molecular weight is 577 g/mol. The molecule has 11 heteroatoms. The highest BCUT2D eigenvalue weighted by molar-refractivity contribution is 9.10. The van der Waals surface area contributed by atoms with Crippen LogP contribution in [0.3, 0.4) is 0 Å². The number of hydrogen-bond acceptors (Lipinski definition) is 9. The third-order valence-corrected chi connectivity index (χ3v) is 7.15. The van der Waals surface area contributed by atoms with Gasteiger partial charge in [0.15, 0.2) is 23.0 Å². The number of methoxy groups -OCH3 is 3. The number of phenols is 1. The molecule has 0 bridgehead atoms. The summed E-state index contributed by atoms with van der Waals surface area (Å²) in [7, 11) is 4.37. The van der Waals surface area contributed by atoms with Gasteiger partial charge in [0, 0.05) is 31.7 Å². The Kier molecular flexibility index (Phi) is 8.25. The van der Waals surface area contributed by atoms with Gasteiger partial charge in [-0.1, -0.05) is 0 Å². The molecule has 2 aliphatic heterocycles. The largest absolute Gasteiger partial charge is 0.507 e. The topological polar surface area (TPSA) is 118 Å². The summed E-state index contributed by atoms with van der Waals surface area (Å²) < 4.78 is 21.7. The number of phenolic OH excluding ortho intramolecular Hbond substituents is 1. The molecule has 0 unspecified atom stereocenters. The number of rotatable bonds is 8. The van der Waals surface area contributed by atoms with E-state index in [1.54, 1.807) is 30.3 Å². The van der Waals surface area contributed by atoms with E-state index < -0.39 is 17.7 Å². The van der Waals surface area contributed by atoms with Crippen molar-refractivity contribution in [3.8, 4) is 23.0 Å². The molecule has 1 atom stereocenters.